The molecule has 228 valence electrons. The number of benzene rings is 3. The Kier molecular flexibility index (Phi) is 8.08. The molecule has 0 aromatic heterocycles. The minimum Gasteiger partial charge on any atom is -0.508 e. The van der Waals surface area contributed by atoms with Crippen molar-refractivity contribution in [3.8, 4) is 34.5 Å². The van der Waals surface area contributed by atoms with Crippen molar-refractivity contribution in [2.24, 2.45) is 0 Å². The number of ketones is 1. The van der Waals surface area contributed by atoms with Crippen molar-refractivity contribution >= 4 is 11.8 Å². The van der Waals surface area contributed by atoms with Crippen LogP contribution in [0, 0.1) is 13.8 Å². The first-order valence-corrected chi connectivity index (χ1v) is 13.3. The molecule has 13 heteroatoms. The minimum absolute atomic E-state index is 0.0544. The van der Waals surface area contributed by atoms with Gasteiger partial charge in [0.05, 0.1) is 12.0 Å². The number of aliphatic hydroxyl groups excluding tert-OH is 3. The maximum absolute atomic E-state index is 13.1. The number of hydrogen-bond donors (Lipinski definition) is 7. The molecule has 2 aliphatic rings. The zero-order valence-electron chi connectivity index (χ0n) is 23.0. The fraction of sp³-hybridized carbons (Fsp3) is 0.333. The maximum Gasteiger partial charge on any atom is 0.338 e. The van der Waals surface area contributed by atoms with E-state index in [-0.39, 0.29) is 63.0 Å². The highest BCUT2D eigenvalue weighted by atomic mass is 16.7. The topological polar surface area (TPSA) is 213 Å². The molecule has 3 aromatic carbocycles. The molecule has 7 N–H and O–H groups in total. The number of Topliss-reactive ketones (excluding diaryl/α,β-unsaturated/α-hetero) is 1. The predicted octanol–water partition coefficient (Wildman–Crippen LogP) is 1.88. The van der Waals surface area contributed by atoms with E-state index < -0.39 is 60.9 Å². The van der Waals surface area contributed by atoms with Gasteiger partial charge >= 0.3 is 5.97 Å². The first kappa shape index (κ1) is 29.9. The highest BCUT2D eigenvalue weighted by molar-refractivity contribution is 6.04. The molecule has 0 aliphatic carbocycles. The summed E-state index contributed by atoms with van der Waals surface area (Å²) in [5.74, 6) is -2.29. The molecule has 3 aromatic rings. The van der Waals surface area contributed by atoms with E-state index in [1.807, 2.05) is 0 Å². The lowest BCUT2D eigenvalue weighted by Gasteiger charge is -2.40. The van der Waals surface area contributed by atoms with Crippen molar-refractivity contribution in [1.29, 1.82) is 0 Å². The molecule has 0 saturated carbocycles. The molecular weight excluding hydrogens is 568 g/mol. The molecule has 6 unspecified atom stereocenters. The fourth-order valence-electron chi connectivity index (χ4n) is 5.09. The average Bonchev–Trinajstić information content (AvgIpc) is 2.98. The van der Waals surface area contributed by atoms with Crippen LogP contribution in [0.3, 0.4) is 0 Å². The summed E-state index contributed by atoms with van der Waals surface area (Å²) >= 11 is 0. The lowest BCUT2D eigenvalue weighted by atomic mass is 9.91. The number of phenols is 4. The van der Waals surface area contributed by atoms with E-state index in [2.05, 4.69) is 0 Å². The molecule has 1 fully saturated rings. The summed E-state index contributed by atoms with van der Waals surface area (Å²) in [5.41, 5.74) is 0.457. The van der Waals surface area contributed by atoms with Gasteiger partial charge in [0.25, 0.3) is 0 Å². The molecule has 0 radical (unpaired) electrons. The highest BCUT2D eigenvalue weighted by Crippen LogP contribution is 2.49. The van der Waals surface area contributed by atoms with Crippen LogP contribution in [0.25, 0.3) is 0 Å². The summed E-state index contributed by atoms with van der Waals surface area (Å²) in [5, 5.41) is 72.2. The van der Waals surface area contributed by atoms with Crippen molar-refractivity contribution in [2.45, 2.75) is 57.1 Å². The summed E-state index contributed by atoms with van der Waals surface area (Å²) in [6, 6.07) is 9.01. The number of esters is 1. The van der Waals surface area contributed by atoms with Crippen LogP contribution in [-0.2, 0) is 9.47 Å². The third-order valence-corrected chi connectivity index (χ3v) is 7.49. The molecule has 43 heavy (non-hydrogen) atoms. The summed E-state index contributed by atoms with van der Waals surface area (Å²) in [4.78, 5) is 25.5. The van der Waals surface area contributed by atoms with Gasteiger partial charge in [0.15, 0.2) is 5.78 Å². The van der Waals surface area contributed by atoms with Crippen LogP contribution >= 0.6 is 0 Å². The van der Waals surface area contributed by atoms with Gasteiger partial charge in [0.1, 0.15) is 77.2 Å². The third-order valence-electron chi connectivity index (χ3n) is 7.49. The zero-order valence-corrected chi connectivity index (χ0v) is 23.0. The maximum atomic E-state index is 13.1. The minimum atomic E-state index is -1.78. The number of rotatable bonds is 6. The van der Waals surface area contributed by atoms with Gasteiger partial charge in [-0.05, 0) is 56.3 Å². The van der Waals surface area contributed by atoms with Crippen molar-refractivity contribution in [3.05, 3.63) is 70.3 Å². The lowest BCUT2D eigenvalue weighted by molar-refractivity contribution is -0.277. The lowest BCUT2D eigenvalue weighted by Crippen LogP contribution is -2.60. The van der Waals surface area contributed by atoms with Crippen molar-refractivity contribution in [1.82, 2.24) is 0 Å². The molecule has 5 rings (SSSR count). The Morgan fingerprint density at radius 2 is 1.58 bits per heavy atom. The third kappa shape index (κ3) is 5.62. The van der Waals surface area contributed by atoms with Gasteiger partial charge in [-0.25, -0.2) is 4.79 Å². The van der Waals surface area contributed by atoms with Crippen molar-refractivity contribution in [2.75, 3.05) is 6.61 Å². The molecule has 2 aliphatic heterocycles. The van der Waals surface area contributed by atoms with Gasteiger partial charge < -0.3 is 54.7 Å². The Hall–Kier alpha value is -4.56. The summed E-state index contributed by atoms with van der Waals surface area (Å²) in [6.07, 6.45) is -9.45. The number of carbonyl (C=O) groups is 2. The van der Waals surface area contributed by atoms with Crippen LogP contribution in [-0.4, -0.2) is 84.8 Å². The Balaban J connectivity index is 1.40. The van der Waals surface area contributed by atoms with Gasteiger partial charge in [-0.3, -0.25) is 4.79 Å². The summed E-state index contributed by atoms with van der Waals surface area (Å²) < 4.78 is 22.8. The number of fused-ring (bicyclic) bond motifs is 1. The van der Waals surface area contributed by atoms with E-state index in [1.54, 1.807) is 0 Å². The van der Waals surface area contributed by atoms with Crippen LogP contribution in [0.4, 0.5) is 0 Å². The van der Waals surface area contributed by atoms with Crippen molar-refractivity contribution in [3.63, 3.8) is 0 Å². The predicted molar refractivity (Wildman–Crippen MR) is 145 cm³/mol. The number of aliphatic hydroxyl groups is 3. The Labute approximate surface area is 244 Å². The quantitative estimate of drug-likeness (QED) is 0.160. The first-order valence-electron chi connectivity index (χ1n) is 13.3. The number of carbonyl (C=O) groups excluding carboxylic acids is 2. The molecule has 6 atom stereocenters. The second-order valence-corrected chi connectivity index (χ2v) is 10.4. The monoisotopic (exact) mass is 598 g/mol. The molecule has 0 bridgehead atoms. The number of hydrogen-bond acceptors (Lipinski definition) is 13. The first-order chi connectivity index (χ1) is 20.4. The Morgan fingerprint density at radius 1 is 0.907 bits per heavy atom. The van der Waals surface area contributed by atoms with E-state index in [0.717, 1.165) is 0 Å². The Bertz CT molecular complexity index is 1550. The number of ether oxygens (including phenoxy) is 4. The Morgan fingerprint density at radius 3 is 2.28 bits per heavy atom. The van der Waals surface area contributed by atoms with E-state index >= 15 is 0 Å². The van der Waals surface area contributed by atoms with Gasteiger partial charge in [-0.2, -0.15) is 0 Å². The van der Waals surface area contributed by atoms with Crippen LogP contribution in [0.15, 0.2) is 42.5 Å². The fourth-order valence-corrected chi connectivity index (χ4v) is 5.09. The second kappa shape index (κ2) is 11.6. The largest absolute Gasteiger partial charge is 0.508 e. The van der Waals surface area contributed by atoms with E-state index in [1.165, 1.54) is 56.3 Å². The van der Waals surface area contributed by atoms with Gasteiger partial charge in [0.2, 0.25) is 6.29 Å². The number of phenolic OH excluding ortho intramolecular Hbond substituents is 4. The van der Waals surface area contributed by atoms with Gasteiger partial charge in [-0.1, -0.05) is 0 Å². The van der Waals surface area contributed by atoms with Crippen LogP contribution < -0.4 is 9.47 Å². The molecule has 2 heterocycles. The summed E-state index contributed by atoms with van der Waals surface area (Å²) in [7, 11) is 0. The van der Waals surface area contributed by atoms with Crippen LogP contribution in [0.2, 0.25) is 0 Å². The van der Waals surface area contributed by atoms with E-state index in [9.17, 15) is 45.3 Å². The molecule has 13 nitrogen and oxygen atoms in total. The molecule has 0 spiro atoms. The normalized spacial score (nSPS) is 25.0. The van der Waals surface area contributed by atoms with Gasteiger partial charge in [0, 0.05) is 16.7 Å². The molecule has 1 saturated heterocycles. The molecule has 0 amide bonds. The van der Waals surface area contributed by atoms with Gasteiger partial charge in [-0.15, -0.1) is 0 Å². The smallest absolute Gasteiger partial charge is 0.338 e. The van der Waals surface area contributed by atoms with Crippen molar-refractivity contribution < 1.29 is 64.3 Å². The van der Waals surface area contributed by atoms with Crippen LogP contribution in [0.1, 0.15) is 49.9 Å². The highest BCUT2D eigenvalue weighted by Gasteiger charge is 2.46. The zero-order chi connectivity index (χ0) is 31.2. The average molecular weight is 599 g/mol. The van der Waals surface area contributed by atoms with E-state index in [0.29, 0.717) is 0 Å². The van der Waals surface area contributed by atoms with E-state index in [4.69, 9.17) is 18.9 Å². The standard InChI is InChI=1S/C30H30O13/c1-12-23(35)22-19(34)10-20(17-9-16(32)7-8-18(17)33)41-28(22)13(2)27(12)43-30-26(38)25(37)24(36)21(42-30)11-40-29(39)14-3-5-15(31)6-4-14/h3-9,20-21,24-26,30-33,35-38H,10-11H2,1-2H3. The van der Waals surface area contributed by atoms with Crippen LogP contribution in [0.5, 0.6) is 34.5 Å². The molecular formula is C30H30O13. The summed E-state index contributed by atoms with van der Waals surface area (Å²) in [6.45, 7) is 2.44. The second-order valence-electron chi connectivity index (χ2n) is 10.4. The SMILES string of the molecule is Cc1c(O)c2c(c(C)c1OC1OC(COC(=O)c3ccc(O)cc3)C(O)C(O)C1O)OC(c1cc(O)ccc1O)CC2=O. The number of aromatic hydroxyl groups is 4.